The molecule has 6 nitrogen and oxygen atoms in total. The number of nitrogens with one attached hydrogen (secondary N) is 1. The van der Waals surface area contributed by atoms with E-state index in [9.17, 15) is 18.4 Å². The van der Waals surface area contributed by atoms with Crippen molar-refractivity contribution >= 4 is 34.6 Å². The second-order valence-corrected chi connectivity index (χ2v) is 10.6. The van der Waals surface area contributed by atoms with Crippen LogP contribution in [0.25, 0.3) is 0 Å². The SMILES string of the molecule is O=C(NCc1ccc(F)cc1)c1ccc2c(c1)N=C(c1ccc(F)cc1)c1ccccc1N2C(=O)CN1CCCCC1. The zero-order valence-electron chi connectivity index (χ0n) is 23.0. The number of nitrogens with zero attached hydrogens (tertiary/aromatic N) is 3. The molecule has 0 aliphatic carbocycles. The number of amides is 2. The first kappa shape index (κ1) is 27.5. The summed E-state index contributed by atoms with van der Waals surface area (Å²) < 4.78 is 27.1. The summed E-state index contributed by atoms with van der Waals surface area (Å²) >= 11 is 0. The van der Waals surface area contributed by atoms with Crippen molar-refractivity contribution in [1.82, 2.24) is 10.2 Å². The first-order valence-corrected chi connectivity index (χ1v) is 14.1. The van der Waals surface area contributed by atoms with Crippen molar-refractivity contribution < 1.29 is 18.4 Å². The fourth-order valence-corrected chi connectivity index (χ4v) is 5.49. The van der Waals surface area contributed by atoms with Gasteiger partial charge in [0.1, 0.15) is 11.6 Å². The lowest BCUT2D eigenvalue weighted by Crippen LogP contribution is -2.40. The largest absolute Gasteiger partial charge is 0.348 e. The minimum Gasteiger partial charge on any atom is -0.348 e. The van der Waals surface area contributed by atoms with Gasteiger partial charge < -0.3 is 5.32 Å². The molecule has 2 heterocycles. The van der Waals surface area contributed by atoms with Gasteiger partial charge in [-0.25, -0.2) is 13.8 Å². The molecular formula is C34H30F2N4O2. The standard InChI is InChI=1S/C34H30F2N4O2/c35-26-13-8-23(9-14-26)21-37-34(42)25-12-17-31-29(20-25)38-33(24-10-15-27(36)16-11-24)28-6-2-3-7-30(28)40(31)32(41)22-39-18-4-1-5-19-39/h2-3,6-17,20H,1,4-5,18-19,21-22H2,(H,37,42). The quantitative estimate of drug-likeness (QED) is 0.290. The minimum absolute atomic E-state index is 0.0883. The molecule has 42 heavy (non-hydrogen) atoms. The number of likely N-dealkylation sites (tertiary alicyclic amines) is 1. The van der Waals surface area contributed by atoms with Crippen LogP contribution in [0.4, 0.5) is 25.8 Å². The lowest BCUT2D eigenvalue weighted by Gasteiger charge is -2.30. The summed E-state index contributed by atoms with van der Waals surface area (Å²) in [6, 6.07) is 24.7. The summed E-state index contributed by atoms with van der Waals surface area (Å²) in [5.41, 5.74) is 4.82. The first-order valence-electron chi connectivity index (χ1n) is 14.1. The van der Waals surface area contributed by atoms with E-state index in [1.165, 1.54) is 30.7 Å². The molecule has 8 heteroatoms. The van der Waals surface area contributed by atoms with E-state index in [0.29, 0.717) is 33.9 Å². The summed E-state index contributed by atoms with van der Waals surface area (Å²) in [4.78, 5) is 36.1. The molecule has 212 valence electrons. The van der Waals surface area contributed by atoms with E-state index in [2.05, 4.69) is 10.2 Å². The maximum atomic E-state index is 14.0. The van der Waals surface area contributed by atoms with Crippen molar-refractivity contribution in [2.45, 2.75) is 25.8 Å². The van der Waals surface area contributed by atoms with E-state index in [1.54, 1.807) is 47.4 Å². The van der Waals surface area contributed by atoms with E-state index in [1.807, 2.05) is 24.3 Å². The molecule has 1 fully saturated rings. The Morgan fingerprint density at radius 2 is 1.48 bits per heavy atom. The van der Waals surface area contributed by atoms with Gasteiger partial charge in [-0.05, 0) is 92.2 Å². The lowest BCUT2D eigenvalue weighted by atomic mass is 10.00. The van der Waals surface area contributed by atoms with Gasteiger partial charge in [-0.15, -0.1) is 0 Å². The Bertz CT molecular complexity index is 1650. The third-order valence-electron chi connectivity index (χ3n) is 7.65. The summed E-state index contributed by atoms with van der Waals surface area (Å²) in [6.07, 6.45) is 3.30. The smallest absolute Gasteiger partial charge is 0.251 e. The number of fused-ring (bicyclic) bond motifs is 2. The number of hydrogen-bond donors (Lipinski definition) is 1. The van der Waals surface area contributed by atoms with Gasteiger partial charge in [-0.3, -0.25) is 19.4 Å². The summed E-state index contributed by atoms with van der Waals surface area (Å²) in [5, 5.41) is 2.87. The van der Waals surface area contributed by atoms with E-state index < -0.39 is 0 Å². The van der Waals surface area contributed by atoms with Gasteiger partial charge in [0.2, 0.25) is 5.91 Å². The zero-order valence-corrected chi connectivity index (χ0v) is 23.0. The molecule has 2 aliphatic heterocycles. The maximum Gasteiger partial charge on any atom is 0.251 e. The van der Waals surface area contributed by atoms with Crippen LogP contribution in [0, 0.1) is 11.6 Å². The van der Waals surface area contributed by atoms with E-state index in [-0.39, 0.29) is 36.5 Å². The second-order valence-electron chi connectivity index (χ2n) is 10.6. The minimum atomic E-state index is -0.361. The molecule has 1 saturated heterocycles. The molecule has 0 saturated carbocycles. The number of para-hydroxylation sites is 1. The number of rotatable bonds is 6. The molecule has 2 aliphatic rings. The molecule has 4 aromatic carbocycles. The van der Waals surface area contributed by atoms with Crippen molar-refractivity contribution in [3.05, 3.63) is 125 Å². The van der Waals surface area contributed by atoms with Crippen LogP contribution in [0.15, 0.2) is 96.0 Å². The molecule has 0 unspecified atom stereocenters. The first-order chi connectivity index (χ1) is 20.5. The van der Waals surface area contributed by atoms with Crippen molar-refractivity contribution in [3.63, 3.8) is 0 Å². The lowest BCUT2D eigenvalue weighted by molar-refractivity contribution is -0.119. The molecule has 1 N–H and O–H groups in total. The fraction of sp³-hybridized carbons (Fsp3) is 0.206. The molecule has 4 aromatic rings. The van der Waals surface area contributed by atoms with E-state index in [4.69, 9.17) is 4.99 Å². The third-order valence-corrected chi connectivity index (χ3v) is 7.65. The molecule has 2 amide bonds. The van der Waals surface area contributed by atoms with Gasteiger partial charge in [0.15, 0.2) is 0 Å². The van der Waals surface area contributed by atoms with Crippen molar-refractivity contribution in [3.8, 4) is 0 Å². The van der Waals surface area contributed by atoms with Gasteiger partial charge in [-0.2, -0.15) is 0 Å². The van der Waals surface area contributed by atoms with Crippen molar-refractivity contribution in [2.24, 2.45) is 4.99 Å². The molecule has 0 spiro atoms. The zero-order chi connectivity index (χ0) is 29.1. The number of hydrogen-bond acceptors (Lipinski definition) is 4. The van der Waals surface area contributed by atoms with Crippen LogP contribution in [0.1, 0.15) is 46.3 Å². The average Bonchev–Trinajstić information content (AvgIpc) is 3.16. The number of halogens is 2. The number of anilines is 2. The summed E-state index contributed by atoms with van der Waals surface area (Å²) in [7, 11) is 0. The predicted octanol–water partition coefficient (Wildman–Crippen LogP) is 6.53. The molecule has 0 bridgehead atoms. The molecule has 0 radical (unpaired) electrons. The third kappa shape index (κ3) is 5.85. The highest BCUT2D eigenvalue weighted by molar-refractivity contribution is 6.21. The molecule has 0 aromatic heterocycles. The Balaban J connectivity index is 1.41. The summed E-state index contributed by atoms with van der Waals surface area (Å²) in [6.45, 7) is 2.24. The Hall–Kier alpha value is -4.69. The highest BCUT2D eigenvalue weighted by Crippen LogP contribution is 2.41. The van der Waals surface area contributed by atoms with Crippen LogP contribution in [0.2, 0.25) is 0 Å². The van der Waals surface area contributed by atoms with Crippen molar-refractivity contribution in [2.75, 3.05) is 24.5 Å². The number of carbonyl (C=O) groups excluding carboxylic acids is 2. The number of piperidine rings is 1. The van der Waals surface area contributed by atoms with Gasteiger partial charge in [0.05, 0.1) is 29.3 Å². The summed E-state index contributed by atoms with van der Waals surface area (Å²) in [5.74, 6) is -1.12. The highest BCUT2D eigenvalue weighted by atomic mass is 19.1. The monoisotopic (exact) mass is 564 g/mol. The maximum absolute atomic E-state index is 14.0. The van der Waals surface area contributed by atoms with Gasteiger partial charge in [0, 0.05) is 23.2 Å². The van der Waals surface area contributed by atoms with Gasteiger partial charge >= 0.3 is 0 Å². The van der Waals surface area contributed by atoms with Crippen LogP contribution in [0.5, 0.6) is 0 Å². The van der Waals surface area contributed by atoms with Crippen LogP contribution in [-0.2, 0) is 11.3 Å². The Morgan fingerprint density at radius 3 is 2.21 bits per heavy atom. The van der Waals surface area contributed by atoms with Crippen LogP contribution >= 0.6 is 0 Å². The Labute approximate surface area is 243 Å². The van der Waals surface area contributed by atoms with Crippen LogP contribution in [-0.4, -0.2) is 42.1 Å². The normalized spacial score (nSPS) is 14.8. The molecule has 6 rings (SSSR count). The second kappa shape index (κ2) is 12.0. The Kier molecular flexibility index (Phi) is 7.88. The molecule has 0 atom stereocenters. The van der Waals surface area contributed by atoms with E-state index >= 15 is 0 Å². The average molecular weight is 565 g/mol. The Morgan fingerprint density at radius 1 is 0.786 bits per heavy atom. The van der Waals surface area contributed by atoms with Gasteiger partial charge in [0.25, 0.3) is 5.91 Å². The van der Waals surface area contributed by atoms with Crippen LogP contribution < -0.4 is 10.2 Å². The number of benzene rings is 4. The number of aliphatic imine (C=N–C) groups is 1. The predicted molar refractivity (Wildman–Crippen MR) is 160 cm³/mol. The fourth-order valence-electron chi connectivity index (χ4n) is 5.49. The number of carbonyl (C=O) groups is 2. The topological polar surface area (TPSA) is 65.0 Å². The van der Waals surface area contributed by atoms with Crippen LogP contribution in [0.3, 0.4) is 0 Å². The van der Waals surface area contributed by atoms with Crippen molar-refractivity contribution in [1.29, 1.82) is 0 Å². The van der Waals surface area contributed by atoms with E-state index in [0.717, 1.165) is 37.1 Å². The molecular weight excluding hydrogens is 534 g/mol. The van der Waals surface area contributed by atoms with Gasteiger partial charge in [-0.1, -0.05) is 36.8 Å². The highest BCUT2D eigenvalue weighted by Gasteiger charge is 2.30.